The van der Waals surface area contributed by atoms with E-state index in [9.17, 15) is 10.2 Å². The zero-order valence-electron chi connectivity index (χ0n) is 15.3. The van der Waals surface area contributed by atoms with E-state index in [2.05, 4.69) is 16.5 Å². The number of phenolic OH excluding ortho intramolecular Hbond substituents is 1. The minimum atomic E-state index is -0.854. The number of aromatic hydroxyl groups is 1. The molecule has 2 bridgehead atoms. The Morgan fingerprint density at radius 1 is 1.27 bits per heavy atom. The van der Waals surface area contributed by atoms with Gasteiger partial charge in [-0.1, -0.05) is 24.3 Å². The van der Waals surface area contributed by atoms with Crippen LogP contribution in [0.4, 0.5) is 0 Å². The van der Waals surface area contributed by atoms with E-state index < -0.39 is 5.60 Å². The molecule has 0 saturated carbocycles. The van der Waals surface area contributed by atoms with Crippen LogP contribution < -0.4 is 0 Å². The van der Waals surface area contributed by atoms with Crippen molar-refractivity contribution in [3.8, 4) is 5.75 Å². The van der Waals surface area contributed by atoms with Crippen LogP contribution in [0.3, 0.4) is 0 Å². The standard InChI is InChI=1S/C21H27N3O2/c1-3-5-15-6-4-7-16(19(15)25)14-24-17-8-9-18(24)13-21(26,12-17)20-22-10-11-23(20)2/h3-4,6-7,10-11,17-18,25-26H,1,5,8-9,12-14H2,2H3. The fourth-order valence-corrected chi connectivity index (χ4v) is 4.86. The maximum absolute atomic E-state index is 11.3. The number of phenols is 1. The molecule has 138 valence electrons. The molecule has 5 heteroatoms. The first kappa shape index (κ1) is 17.3. The quantitative estimate of drug-likeness (QED) is 0.812. The maximum Gasteiger partial charge on any atom is 0.140 e. The summed E-state index contributed by atoms with van der Waals surface area (Å²) in [6, 6.07) is 6.59. The number of imidazole rings is 1. The van der Waals surface area contributed by atoms with Crippen LogP contribution in [0, 0.1) is 0 Å². The molecule has 2 aliphatic heterocycles. The lowest BCUT2D eigenvalue weighted by Crippen LogP contribution is -2.50. The molecule has 26 heavy (non-hydrogen) atoms. The number of piperidine rings is 1. The molecule has 2 aromatic rings. The second kappa shape index (κ2) is 6.56. The smallest absolute Gasteiger partial charge is 0.140 e. The monoisotopic (exact) mass is 353 g/mol. The van der Waals surface area contributed by atoms with Gasteiger partial charge in [-0.2, -0.15) is 0 Å². The zero-order chi connectivity index (χ0) is 18.3. The predicted molar refractivity (Wildman–Crippen MR) is 101 cm³/mol. The van der Waals surface area contributed by atoms with E-state index in [0.29, 0.717) is 37.1 Å². The first-order valence-corrected chi connectivity index (χ1v) is 9.38. The highest BCUT2D eigenvalue weighted by molar-refractivity contribution is 5.41. The minimum Gasteiger partial charge on any atom is -0.507 e. The first-order chi connectivity index (χ1) is 12.5. The molecule has 1 aromatic carbocycles. The molecule has 4 rings (SSSR count). The summed E-state index contributed by atoms with van der Waals surface area (Å²) in [4.78, 5) is 6.87. The highest BCUT2D eigenvalue weighted by Gasteiger charge is 2.49. The summed E-state index contributed by atoms with van der Waals surface area (Å²) in [7, 11) is 1.94. The second-order valence-electron chi connectivity index (χ2n) is 7.78. The Kier molecular flexibility index (Phi) is 4.37. The van der Waals surface area contributed by atoms with Gasteiger partial charge in [-0.05, 0) is 37.7 Å². The number of fused-ring (bicyclic) bond motifs is 2. The van der Waals surface area contributed by atoms with Gasteiger partial charge in [-0.3, -0.25) is 4.90 Å². The summed E-state index contributed by atoms with van der Waals surface area (Å²) < 4.78 is 1.93. The summed E-state index contributed by atoms with van der Waals surface area (Å²) in [5, 5.41) is 21.9. The molecule has 2 aliphatic rings. The second-order valence-corrected chi connectivity index (χ2v) is 7.78. The molecule has 0 amide bonds. The largest absolute Gasteiger partial charge is 0.507 e. The van der Waals surface area contributed by atoms with Crippen molar-refractivity contribution in [3.05, 3.63) is 60.2 Å². The van der Waals surface area contributed by atoms with Crippen LogP contribution in [-0.4, -0.2) is 36.7 Å². The SMILES string of the molecule is C=CCc1cccc(CN2C3CCC2CC(O)(c2nccn2C)C3)c1O. The van der Waals surface area contributed by atoms with Gasteiger partial charge in [-0.25, -0.2) is 4.98 Å². The number of hydrogen-bond donors (Lipinski definition) is 2. The van der Waals surface area contributed by atoms with Crippen LogP contribution in [0.25, 0.3) is 0 Å². The van der Waals surface area contributed by atoms with E-state index in [-0.39, 0.29) is 0 Å². The summed E-state index contributed by atoms with van der Waals surface area (Å²) in [5.41, 5.74) is 1.03. The van der Waals surface area contributed by atoms with E-state index in [1.807, 2.05) is 42.1 Å². The highest BCUT2D eigenvalue weighted by Crippen LogP contribution is 2.46. The number of nitrogens with zero attached hydrogens (tertiary/aromatic N) is 3. The molecule has 2 saturated heterocycles. The van der Waals surface area contributed by atoms with Gasteiger partial charge in [-0.15, -0.1) is 6.58 Å². The third-order valence-electron chi connectivity index (χ3n) is 6.08. The Labute approximate surface area is 154 Å². The van der Waals surface area contributed by atoms with Gasteiger partial charge in [0, 0.05) is 43.6 Å². The molecule has 0 spiro atoms. The van der Waals surface area contributed by atoms with Crippen molar-refractivity contribution in [1.29, 1.82) is 0 Å². The third-order valence-corrected chi connectivity index (χ3v) is 6.08. The van der Waals surface area contributed by atoms with Crippen molar-refractivity contribution >= 4 is 0 Å². The molecule has 2 N–H and O–H groups in total. The van der Waals surface area contributed by atoms with Gasteiger partial charge in [0.1, 0.15) is 17.2 Å². The third kappa shape index (κ3) is 2.85. The molecule has 2 fully saturated rings. The van der Waals surface area contributed by atoms with Crippen LogP contribution >= 0.6 is 0 Å². The van der Waals surface area contributed by atoms with Gasteiger partial charge >= 0.3 is 0 Å². The van der Waals surface area contributed by atoms with Crippen molar-refractivity contribution in [1.82, 2.24) is 14.5 Å². The van der Waals surface area contributed by atoms with Crippen molar-refractivity contribution in [3.63, 3.8) is 0 Å². The van der Waals surface area contributed by atoms with Gasteiger partial charge in [0.25, 0.3) is 0 Å². The van der Waals surface area contributed by atoms with Gasteiger partial charge < -0.3 is 14.8 Å². The topological polar surface area (TPSA) is 61.5 Å². The Morgan fingerprint density at radius 2 is 1.96 bits per heavy atom. The Balaban J connectivity index is 1.55. The number of allylic oxidation sites excluding steroid dienone is 1. The summed E-state index contributed by atoms with van der Waals surface area (Å²) in [6.07, 6.45) is 9.70. The number of aliphatic hydroxyl groups is 1. The molecule has 2 unspecified atom stereocenters. The van der Waals surface area contributed by atoms with E-state index in [0.717, 1.165) is 36.3 Å². The molecule has 3 heterocycles. The lowest BCUT2D eigenvalue weighted by molar-refractivity contribution is -0.0670. The summed E-state index contributed by atoms with van der Waals surface area (Å²) >= 11 is 0. The molecule has 1 aromatic heterocycles. The molecule has 5 nitrogen and oxygen atoms in total. The first-order valence-electron chi connectivity index (χ1n) is 9.38. The fraction of sp³-hybridized carbons (Fsp3) is 0.476. The van der Waals surface area contributed by atoms with Crippen LogP contribution in [-0.2, 0) is 25.6 Å². The number of hydrogen-bond acceptors (Lipinski definition) is 4. The average molecular weight is 353 g/mol. The molecular weight excluding hydrogens is 326 g/mol. The summed E-state index contributed by atoms with van der Waals surface area (Å²) in [5.74, 6) is 1.15. The minimum absolute atomic E-state index is 0.318. The number of rotatable bonds is 5. The number of aryl methyl sites for hydroxylation is 1. The Hall–Kier alpha value is -2.11. The highest BCUT2D eigenvalue weighted by atomic mass is 16.3. The zero-order valence-corrected chi connectivity index (χ0v) is 15.3. The van der Waals surface area contributed by atoms with Crippen LogP contribution in [0.1, 0.15) is 42.6 Å². The van der Waals surface area contributed by atoms with Crippen LogP contribution in [0.2, 0.25) is 0 Å². The Morgan fingerprint density at radius 3 is 2.58 bits per heavy atom. The predicted octanol–water partition coefficient (Wildman–Crippen LogP) is 2.87. The maximum atomic E-state index is 11.3. The molecular formula is C21H27N3O2. The Bertz CT molecular complexity index is 799. The van der Waals surface area contributed by atoms with Crippen molar-refractivity contribution in [2.45, 2.75) is 56.3 Å². The van der Waals surface area contributed by atoms with E-state index in [1.54, 1.807) is 6.20 Å². The molecule has 0 radical (unpaired) electrons. The number of benzene rings is 1. The average Bonchev–Trinajstić information content (AvgIpc) is 3.14. The van der Waals surface area contributed by atoms with E-state index in [4.69, 9.17) is 0 Å². The van der Waals surface area contributed by atoms with E-state index >= 15 is 0 Å². The van der Waals surface area contributed by atoms with Gasteiger partial charge in [0.15, 0.2) is 0 Å². The van der Waals surface area contributed by atoms with Crippen molar-refractivity contribution in [2.24, 2.45) is 7.05 Å². The van der Waals surface area contributed by atoms with E-state index in [1.165, 1.54) is 0 Å². The lowest BCUT2D eigenvalue weighted by Gasteiger charge is -2.43. The van der Waals surface area contributed by atoms with Crippen LogP contribution in [0.15, 0.2) is 43.2 Å². The van der Waals surface area contributed by atoms with Crippen molar-refractivity contribution in [2.75, 3.05) is 0 Å². The lowest BCUT2D eigenvalue weighted by atomic mass is 9.85. The van der Waals surface area contributed by atoms with Crippen LogP contribution in [0.5, 0.6) is 5.75 Å². The number of aromatic nitrogens is 2. The molecule has 0 aliphatic carbocycles. The van der Waals surface area contributed by atoms with Gasteiger partial charge in [0.05, 0.1) is 0 Å². The fourth-order valence-electron chi connectivity index (χ4n) is 4.86. The molecule has 2 atom stereocenters. The normalized spacial score (nSPS) is 28.4. The summed E-state index contributed by atoms with van der Waals surface area (Å²) in [6.45, 7) is 4.49. The van der Waals surface area contributed by atoms with Crippen molar-refractivity contribution < 1.29 is 10.2 Å². The van der Waals surface area contributed by atoms with Gasteiger partial charge in [0.2, 0.25) is 0 Å². The number of para-hydroxylation sites is 1.